The lowest BCUT2D eigenvalue weighted by Crippen LogP contribution is -2.05. The number of ether oxygens (including phenoxy) is 1. The van der Waals surface area contributed by atoms with Crippen LogP contribution in [0.4, 0.5) is 0 Å². The Morgan fingerprint density at radius 1 is 1.00 bits per heavy atom. The molecule has 0 atom stereocenters. The van der Waals surface area contributed by atoms with Crippen molar-refractivity contribution >= 4 is 11.7 Å². The monoisotopic (exact) mass is 253 g/mol. The number of carbonyl (C=O) groups is 1. The summed E-state index contributed by atoms with van der Waals surface area (Å²) in [4.78, 5) is 11.6. The van der Waals surface area contributed by atoms with Gasteiger partial charge in [0.15, 0.2) is 0 Å². The number of nitrogens with two attached hydrogens (primary N) is 1. The van der Waals surface area contributed by atoms with Crippen LogP contribution in [0.25, 0.3) is 5.70 Å². The molecule has 0 bridgehead atoms. The van der Waals surface area contributed by atoms with Gasteiger partial charge in [0.25, 0.3) is 0 Å². The predicted molar refractivity (Wildman–Crippen MR) is 74.8 cm³/mol. The van der Waals surface area contributed by atoms with Crippen LogP contribution in [0.1, 0.15) is 11.1 Å². The third-order valence-corrected chi connectivity index (χ3v) is 2.60. The second-order valence-electron chi connectivity index (χ2n) is 4.06. The molecule has 0 spiro atoms. The van der Waals surface area contributed by atoms with Gasteiger partial charge in [-0.2, -0.15) is 0 Å². The average Bonchev–Trinajstić information content (AvgIpc) is 2.47. The van der Waals surface area contributed by atoms with Gasteiger partial charge in [0.2, 0.25) is 0 Å². The summed E-state index contributed by atoms with van der Waals surface area (Å²) >= 11 is 0. The molecule has 0 heterocycles. The Balaban J connectivity index is 1.94. The zero-order chi connectivity index (χ0) is 13.5. The van der Waals surface area contributed by atoms with E-state index in [1.165, 1.54) is 6.08 Å². The lowest BCUT2D eigenvalue weighted by Gasteiger charge is -2.04. The van der Waals surface area contributed by atoms with E-state index in [1.807, 2.05) is 60.7 Å². The molecule has 0 aliphatic carbocycles. The van der Waals surface area contributed by atoms with Gasteiger partial charge >= 0.3 is 5.97 Å². The van der Waals surface area contributed by atoms with Crippen molar-refractivity contribution in [1.29, 1.82) is 0 Å². The molecule has 0 saturated carbocycles. The van der Waals surface area contributed by atoms with Gasteiger partial charge in [-0.15, -0.1) is 0 Å². The number of hydrogen-bond donors (Lipinski definition) is 1. The van der Waals surface area contributed by atoms with Crippen LogP contribution < -0.4 is 5.73 Å². The van der Waals surface area contributed by atoms with Crippen LogP contribution in [-0.4, -0.2) is 5.97 Å². The first-order valence-corrected chi connectivity index (χ1v) is 5.99. The fourth-order valence-electron chi connectivity index (χ4n) is 1.61. The molecular weight excluding hydrogens is 238 g/mol. The summed E-state index contributed by atoms with van der Waals surface area (Å²) < 4.78 is 5.12. The molecule has 0 unspecified atom stereocenters. The average molecular weight is 253 g/mol. The minimum absolute atomic E-state index is 0.248. The summed E-state index contributed by atoms with van der Waals surface area (Å²) in [7, 11) is 0. The lowest BCUT2D eigenvalue weighted by atomic mass is 10.1. The maximum absolute atomic E-state index is 11.6. The number of esters is 1. The summed E-state index contributed by atoms with van der Waals surface area (Å²) in [5, 5.41) is 0. The molecule has 96 valence electrons. The molecule has 3 nitrogen and oxygen atoms in total. The van der Waals surface area contributed by atoms with Crippen molar-refractivity contribution in [3.8, 4) is 0 Å². The summed E-state index contributed by atoms with van der Waals surface area (Å²) in [6.07, 6.45) is 1.30. The zero-order valence-corrected chi connectivity index (χ0v) is 10.5. The Morgan fingerprint density at radius 2 is 1.58 bits per heavy atom. The fourth-order valence-corrected chi connectivity index (χ4v) is 1.61. The van der Waals surface area contributed by atoms with Crippen molar-refractivity contribution in [1.82, 2.24) is 0 Å². The molecular formula is C16H15NO2. The highest BCUT2D eigenvalue weighted by atomic mass is 16.5. The van der Waals surface area contributed by atoms with E-state index in [-0.39, 0.29) is 6.61 Å². The van der Waals surface area contributed by atoms with Gasteiger partial charge in [0.05, 0.1) is 0 Å². The van der Waals surface area contributed by atoms with Crippen molar-refractivity contribution in [3.05, 3.63) is 77.9 Å². The molecule has 3 heteroatoms. The number of hydrogen-bond acceptors (Lipinski definition) is 3. The van der Waals surface area contributed by atoms with E-state index >= 15 is 0 Å². The van der Waals surface area contributed by atoms with E-state index in [9.17, 15) is 4.79 Å². The molecule has 2 rings (SSSR count). The van der Waals surface area contributed by atoms with Gasteiger partial charge in [0.1, 0.15) is 6.61 Å². The Kier molecular flexibility index (Phi) is 4.34. The maximum Gasteiger partial charge on any atom is 0.333 e. The van der Waals surface area contributed by atoms with Crippen LogP contribution in [0.15, 0.2) is 66.7 Å². The van der Waals surface area contributed by atoms with E-state index in [0.717, 1.165) is 11.1 Å². The highest BCUT2D eigenvalue weighted by molar-refractivity contribution is 5.90. The van der Waals surface area contributed by atoms with E-state index in [4.69, 9.17) is 10.5 Å². The largest absolute Gasteiger partial charge is 0.458 e. The smallest absolute Gasteiger partial charge is 0.333 e. The third kappa shape index (κ3) is 4.00. The summed E-state index contributed by atoms with van der Waals surface area (Å²) in [6.45, 7) is 0.248. The molecule has 0 fully saturated rings. The standard InChI is InChI=1S/C16H15NO2/c17-15(14-9-5-2-6-10-14)11-16(18)19-12-13-7-3-1-4-8-13/h1-11H,12,17H2/b15-11+. The summed E-state index contributed by atoms with van der Waals surface area (Å²) in [5.74, 6) is -0.440. The Bertz CT molecular complexity index is 562. The van der Waals surface area contributed by atoms with Crippen molar-refractivity contribution in [2.75, 3.05) is 0 Å². The molecule has 0 aliphatic heterocycles. The maximum atomic E-state index is 11.6. The molecule has 2 aromatic rings. The Hall–Kier alpha value is -2.55. The van der Waals surface area contributed by atoms with Crippen LogP contribution in [0.2, 0.25) is 0 Å². The highest BCUT2D eigenvalue weighted by Gasteiger charge is 2.02. The number of rotatable bonds is 4. The molecule has 0 saturated heterocycles. The fraction of sp³-hybridized carbons (Fsp3) is 0.0625. The van der Waals surface area contributed by atoms with Gasteiger partial charge in [-0.3, -0.25) is 0 Å². The summed E-state index contributed by atoms with van der Waals surface area (Å²) in [5.41, 5.74) is 7.98. The molecule has 2 N–H and O–H groups in total. The van der Waals surface area contributed by atoms with E-state index in [2.05, 4.69) is 0 Å². The summed E-state index contributed by atoms with van der Waals surface area (Å²) in [6, 6.07) is 18.8. The van der Waals surface area contributed by atoms with Crippen molar-refractivity contribution in [2.45, 2.75) is 6.61 Å². The second-order valence-corrected chi connectivity index (χ2v) is 4.06. The van der Waals surface area contributed by atoms with E-state index < -0.39 is 5.97 Å². The third-order valence-electron chi connectivity index (χ3n) is 2.60. The van der Waals surface area contributed by atoms with E-state index in [1.54, 1.807) is 0 Å². The van der Waals surface area contributed by atoms with Crippen molar-refractivity contribution < 1.29 is 9.53 Å². The minimum Gasteiger partial charge on any atom is -0.458 e. The molecule has 2 aromatic carbocycles. The molecule has 0 aliphatic rings. The Morgan fingerprint density at radius 3 is 2.21 bits per heavy atom. The van der Waals surface area contributed by atoms with E-state index in [0.29, 0.717) is 5.70 Å². The topological polar surface area (TPSA) is 52.3 Å². The first-order chi connectivity index (χ1) is 9.25. The lowest BCUT2D eigenvalue weighted by molar-refractivity contribution is -0.138. The molecule has 0 amide bonds. The van der Waals surface area contributed by atoms with Gasteiger partial charge in [-0.25, -0.2) is 4.79 Å². The Labute approximate surface area is 112 Å². The SMILES string of the molecule is N/C(=C/C(=O)OCc1ccccc1)c1ccccc1. The van der Waals surface area contributed by atoms with Crippen molar-refractivity contribution in [3.63, 3.8) is 0 Å². The molecule has 0 radical (unpaired) electrons. The first kappa shape index (κ1) is 12.9. The van der Waals surface area contributed by atoms with Crippen LogP contribution in [0.5, 0.6) is 0 Å². The van der Waals surface area contributed by atoms with Gasteiger partial charge in [-0.1, -0.05) is 60.7 Å². The normalized spacial score (nSPS) is 11.1. The second kappa shape index (κ2) is 6.40. The van der Waals surface area contributed by atoms with Gasteiger partial charge in [-0.05, 0) is 11.1 Å². The highest BCUT2D eigenvalue weighted by Crippen LogP contribution is 2.08. The number of benzene rings is 2. The van der Waals surface area contributed by atoms with Crippen molar-refractivity contribution in [2.24, 2.45) is 5.73 Å². The molecule has 19 heavy (non-hydrogen) atoms. The van der Waals surface area contributed by atoms with Crippen LogP contribution in [-0.2, 0) is 16.1 Å². The van der Waals surface area contributed by atoms with Crippen LogP contribution >= 0.6 is 0 Å². The van der Waals surface area contributed by atoms with Gasteiger partial charge < -0.3 is 10.5 Å². The first-order valence-electron chi connectivity index (χ1n) is 5.99. The van der Waals surface area contributed by atoms with Gasteiger partial charge in [0, 0.05) is 11.8 Å². The molecule has 0 aromatic heterocycles. The van der Waals surface area contributed by atoms with Crippen LogP contribution in [0, 0.1) is 0 Å². The minimum atomic E-state index is -0.440. The zero-order valence-electron chi connectivity index (χ0n) is 10.5. The quantitative estimate of drug-likeness (QED) is 0.673. The predicted octanol–water partition coefficient (Wildman–Crippen LogP) is 2.73. The number of carbonyl (C=O) groups excluding carboxylic acids is 1. The van der Waals surface area contributed by atoms with Crippen LogP contribution in [0.3, 0.4) is 0 Å².